The summed E-state index contributed by atoms with van der Waals surface area (Å²) in [6.07, 6.45) is 0. The number of aromatic hydroxyl groups is 1. The number of nitrogens with one attached hydrogen (secondary N) is 1. The molecule has 1 atom stereocenters. The number of nitro groups is 1. The molecule has 0 saturated carbocycles. The lowest BCUT2D eigenvalue weighted by Gasteiger charge is -2.16. The Bertz CT molecular complexity index is 646. The summed E-state index contributed by atoms with van der Waals surface area (Å²) in [6.45, 7) is 1.77. The van der Waals surface area contributed by atoms with Crippen molar-refractivity contribution < 1.29 is 14.4 Å². The molecular weight excluding hydrogens is 263 g/mol. The maximum Gasteiger partial charge on any atom is 0.274 e. The van der Waals surface area contributed by atoms with Crippen LogP contribution in [-0.4, -0.2) is 10.0 Å². The van der Waals surface area contributed by atoms with Crippen molar-refractivity contribution in [1.29, 1.82) is 0 Å². The number of halogens is 1. The number of rotatable bonds is 4. The van der Waals surface area contributed by atoms with Gasteiger partial charge in [-0.2, -0.15) is 0 Å². The molecule has 2 N–H and O–H groups in total. The molecule has 5 nitrogen and oxygen atoms in total. The van der Waals surface area contributed by atoms with Gasteiger partial charge in [0.2, 0.25) is 0 Å². The lowest BCUT2D eigenvalue weighted by atomic mass is 10.1. The Morgan fingerprint density at radius 3 is 2.65 bits per heavy atom. The Balaban J connectivity index is 2.26. The first kappa shape index (κ1) is 13.8. The molecule has 0 spiro atoms. The van der Waals surface area contributed by atoms with Crippen molar-refractivity contribution in [2.75, 3.05) is 5.32 Å². The van der Waals surface area contributed by atoms with Gasteiger partial charge in [-0.1, -0.05) is 18.2 Å². The Kier molecular flexibility index (Phi) is 3.84. The van der Waals surface area contributed by atoms with Crippen LogP contribution in [0.3, 0.4) is 0 Å². The number of non-ortho nitro benzene ring substituents is 1. The third kappa shape index (κ3) is 3.03. The standard InChI is InChI=1S/C14H13FN2O3/c1-9(13-4-2-3-5-14(13)18)16-11-6-10(15)7-12(8-11)17(19)20/h2-9,16,18H,1H3. The molecule has 0 aliphatic heterocycles. The summed E-state index contributed by atoms with van der Waals surface area (Å²) >= 11 is 0. The number of benzene rings is 2. The number of anilines is 1. The van der Waals surface area contributed by atoms with Gasteiger partial charge >= 0.3 is 0 Å². The van der Waals surface area contributed by atoms with Crippen LogP contribution < -0.4 is 5.32 Å². The molecule has 0 fully saturated rings. The van der Waals surface area contributed by atoms with E-state index < -0.39 is 10.7 Å². The Morgan fingerprint density at radius 2 is 2.00 bits per heavy atom. The summed E-state index contributed by atoms with van der Waals surface area (Å²) < 4.78 is 13.3. The molecule has 6 heteroatoms. The molecular formula is C14H13FN2O3. The smallest absolute Gasteiger partial charge is 0.274 e. The maximum atomic E-state index is 13.3. The molecule has 0 aliphatic carbocycles. The van der Waals surface area contributed by atoms with E-state index in [-0.39, 0.29) is 23.2 Å². The number of phenols is 1. The van der Waals surface area contributed by atoms with Crippen molar-refractivity contribution in [3.8, 4) is 5.75 Å². The minimum absolute atomic E-state index is 0.110. The van der Waals surface area contributed by atoms with Gasteiger partial charge in [0.05, 0.1) is 17.0 Å². The number of nitrogens with zero attached hydrogens (tertiary/aromatic N) is 1. The third-order valence-corrected chi connectivity index (χ3v) is 2.88. The second-order valence-electron chi connectivity index (χ2n) is 4.38. The fourth-order valence-corrected chi connectivity index (χ4v) is 1.94. The monoisotopic (exact) mass is 276 g/mol. The van der Waals surface area contributed by atoms with Gasteiger partial charge in [-0.3, -0.25) is 10.1 Å². The Morgan fingerprint density at radius 1 is 1.30 bits per heavy atom. The molecule has 1 unspecified atom stereocenters. The van der Waals surface area contributed by atoms with Gasteiger partial charge in [0.15, 0.2) is 0 Å². The highest BCUT2D eigenvalue weighted by atomic mass is 19.1. The molecule has 0 amide bonds. The number of hydrogen-bond donors (Lipinski definition) is 2. The van der Waals surface area contributed by atoms with E-state index in [2.05, 4.69) is 5.32 Å². The highest BCUT2D eigenvalue weighted by Crippen LogP contribution is 2.28. The fraction of sp³-hybridized carbons (Fsp3) is 0.143. The SMILES string of the molecule is CC(Nc1cc(F)cc([N+](=O)[O-])c1)c1ccccc1O. The number of para-hydroxylation sites is 1. The van der Waals surface area contributed by atoms with Gasteiger partial charge in [0.25, 0.3) is 5.69 Å². The molecule has 2 aromatic carbocycles. The van der Waals surface area contributed by atoms with Crippen molar-refractivity contribution >= 4 is 11.4 Å². The van der Waals surface area contributed by atoms with Crippen LogP contribution in [0.1, 0.15) is 18.5 Å². The first-order valence-corrected chi connectivity index (χ1v) is 5.97. The minimum Gasteiger partial charge on any atom is -0.508 e. The summed E-state index contributed by atoms with van der Waals surface area (Å²) in [5, 5.41) is 23.4. The maximum absolute atomic E-state index is 13.3. The number of phenolic OH excluding ortho intramolecular Hbond substituents is 1. The lowest BCUT2D eigenvalue weighted by molar-refractivity contribution is -0.385. The molecule has 0 saturated heterocycles. The minimum atomic E-state index is -0.689. The quantitative estimate of drug-likeness (QED) is 0.660. The van der Waals surface area contributed by atoms with Crippen LogP contribution in [0, 0.1) is 15.9 Å². The van der Waals surface area contributed by atoms with Crippen LogP contribution in [0.15, 0.2) is 42.5 Å². The summed E-state index contributed by atoms with van der Waals surface area (Å²) in [6, 6.07) is 9.68. The summed E-state index contributed by atoms with van der Waals surface area (Å²) in [4.78, 5) is 10.0. The second-order valence-corrected chi connectivity index (χ2v) is 4.38. The summed E-state index contributed by atoms with van der Waals surface area (Å²) in [7, 11) is 0. The van der Waals surface area contributed by atoms with E-state index in [1.54, 1.807) is 31.2 Å². The summed E-state index contributed by atoms with van der Waals surface area (Å²) in [5.41, 5.74) is 0.587. The largest absolute Gasteiger partial charge is 0.508 e. The van der Waals surface area contributed by atoms with Crippen molar-refractivity contribution in [2.24, 2.45) is 0 Å². The van der Waals surface area contributed by atoms with Crippen molar-refractivity contribution in [1.82, 2.24) is 0 Å². The molecule has 104 valence electrons. The Hall–Kier alpha value is -2.63. The average Bonchev–Trinajstić information content (AvgIpc) is 2.38. The van der Waals surface area contributed by atoms with Crippen molar-refractivity contribution in [2.45, 2.75) is 13.0 Å². The molecule has 2 rings (SSSR count). The molecule has 0 bridgehead atoms. The van der Waals surface area contributed by atoms with E-state index in [0.717, 1.165) is 6.07 Å². The first-order chi connectivity index (χ1) is 9.47. The van der Waals surface area contributed by atoms with Gasteiger partial charge < -0.3 is 10.4 Å². The van der Waals surface area contributed by atoms with Gasteiger partial charge in [-0.05, 0) is 19.1 Å². The van der Waals surface area contributed by atoms with Crippen molar-refractivity contribution in [3.05, 3.63) is 64.0 Å². The predicted octanol–water partition coefficient (Wildman–Crippen LogP) is 3.61. The molecule has 0 aliphatic rings. The normalized spacial score (nSPS) is 11.9. The fourth-order valence-electron chi connectivity index (χ4n) is 1.94. The van der Waals surface area contributed by atoms with Crippen LogP contribution >= 0.6 is 0 Å². The van der Waals surface area contributed by atoms with Gasteiger partial charge in [-0.25, -0.2) is 4.39 Å². The molecule has 2 aromatic rings. The molecule has 0 radical (unpaired) electrons. The van der Waals surface area contributed by atoms with E-state index >= 15 is 0 Å². The van der Waals surface area contributed by atoms with Gasteiger partial charge in [-0.15, -0.1) is 0 Å². The highest BCUT2D eigenvalue weighted by molar-refractivity contribution is 5.53. The summed E-state index contributed by atoms with van der Waals surface area (Å²) in [5.74, 6) is -0.579. The van der Waals surface area contributed by atoms with Crippen LogP contribution in [-0.2, 0) is 0 Å². The van der Waals surface area contributed by atoms with Crippen molar-refractivity contribution in [3.63, 3.8) is 0 Å². The van der Waals surface area contributed by atoms with E-state index in [1.807, 2.05) is 0 Å². The van der Waals surface area contributed by atoms with Crippen LogP contribution in [0.4, 0.5) is 15.8 Å². The van der Waals surface area contributed by atoms with Crippen LogP contribution in [0.2, 0.25) is 0 Å². The zero-order valence-corrected chi connectivity index (χ0v) is 10.7. The van der Waals surface area contributed by atoms with Gasteiger partial charge in [0.1, 0.15) is 11.6 Å². The molecule has 0 aromatic heterocycles. The van der Waals surface area contributed by atoms with E-state index in [1.165, 1.54) is 12.1 Å². The average molecular weight is 276 g/mol. The first-order valence-electron chi connectivity index (χ1n) is 5.97. The topological polar surface area (TPSA) is 75.4 Å². The zero-order valence-electron chi connectivity index (χ0n) is 10.7. The lowest BCUT2D eigenvalue weighted by Crippen LogP contribution is -2.07. The number of hydrogen-bond acceptors (Lipinski definition) is 4. The highest BCUT2D eigenvalue weighted by Gasteiger charge is 2.13. The molecule has 20 heavy (non-hydrogen) atoms. The van der Waals surface area contributed by atoms with E-state index in [9.17, 15) is 19.6 Å². The zero-order chi connectivity index (χ0) is 14.7. The van der Waals surface area contributed by atoms with E-state index in [4.69, 9.17) is 0 Å². The second kappa shape index (κ2) is 5.56. The number of nitro benzene ring substituents is 1. The van der Waals surface area contributed by atoms with Crippen LogP contribution in [0.25, 0.3) is 0 Å². The Labute approximate surface area is 114 Å². The third-order valence-electron chi connectivity index (χ3n) is 2.88. The van der Waals surface area contributed by atoms with Gasteiger partial charge in [0, 0.05) is 17.3 Å². The van der Waals surface area contributed by atoms with Crippen LogP contribution in [0.5, 0.6) is 5.75 Å². The van der Waals surface area contributed by atoms with E-state index in [0.29, 0.717) is 5.56 Å². The molecule has 0 heterocycles. The predicted molar refractivity (Wildman–Crippen MR) is 73.2 cm³/mol.